The van der Waals surface area contributed by atoms with Crippen LogP contribution in [0.25, 0.3) is 0 Å². The summed E-state index contributed by atoms with van der Waals surface area (Å²) in [5, 5.41) is 7.91. The van der Waals surface area contributed by atoms with Gasteiger partial charge in [0.15, 0.2) is 0 Å². The largest absolute Gasteiger partial charge is 0.481 e. The summed E-state index contributed by atoms with van der Waals surface area (Å²) in [6.45, 7) is 7.51. The van der Waals surface area contributed by atoms with Gasteiger partial charge in [-0.3, -0.25) is 9.59 Å². The lowest BCUT2D eigenvalue weighted by Crippen LogP contribution is -2.10. The molecule has 0 aromatic rings. The first-order valence-corrected chi connectivity index (χ1v) is 5.35. The molecule has 0 bridgehead atoms. The van der Waals surface area contributed by atoms with Crippen LogP contribution in [0.4, 0.5) is 0 Å². The molecular formula is C11H22O4. The van der Waals surface area contributed by atoms with Gasteiger partial charge in [-0.05, 0) is 26.7 Å². The maximum absolute atomic E-state index is 10.6. The van der Waals surface area contributed by atoms with Crippen molar-refractivity contribution < 1.29 is 19.4 Å². The van der Waals surface area contributed by atoms with Gasteiger partial charge in [0.2, 0.25) is 0 Å². The van der Waals surface area contributed by atoms with Crippen LogP contribution in [0.2, 0.25) is 0 Å². The predicted octanol–water partition coefficient (Wildman–Crippen LogP) is 2.61. The highest BCUT2D eigenvalue weighted by atomic mass is 16.5. The van der Waals surface area contributed by atoms with E-state index in [4.69, 9.17) is 9.84 Å². The van der Waals surface area contributed by atoms with E-state index in [0.717, 1.165) is 12.8 Å². The molecule has 0 spiro atoms. The molecule has 0 aliphatic heterocycles. The second kappa shape index (κ2) is 11.0. The molecule has 0 aliphatic rings. The molecule has 0 amide bonds. The van der Waals surface area contributed by atoms with E-state index in [1.165, 1.54) is 0 Å². The number of esters is 1. The molecule has 0 saturated carbocycles. The number of hydrogen-bond donors (Lipinski definition) is 1. The molecule has 0 fully saturated rings. The van der Waals surface area contributed by atoms with Crippen molar-refractivity contribution in [2.24, 2.45) is 0 Å². The minimum Gasteiger partial charge on any atom is -0.481 e. The fourth-order valence-electron chi connectivity index (χ4n) is 0.740. The number of carbonyl (C=O) groups excluding carboxylic acids is 1. The van der Waals surface area contributed by atoms with Crippen molar-refractivity contribution in [3.63, 3.8) is 0 Å². The lowest BCUT2D eigenvalue weighted by atomic mass is 10.3. The van der Waals surface area contributed by atoms with Crippen LogP contribution in [-0.2, 0) is 14.3 Å². The van der Waals surface area contributed by atoms with Crippen molar-refractivity contribution >= 4 is 11.9 Å². The number of hydrogen-bond acceptors (Lipinski definition) is 3. The normalized spacial score (nSPS) is 9.13. The third-order valence-corrected chi connectivity index (χ3v) is 1.29. The zero-order valence-electron chi connectivity index (χ0n) is 10.1. The van der Waals surface area contributed by atoms with Gasteiger partial charge in [0.1, 0.15) is 0 Å². The second-order valence-electron chi connectivity index (χ2n) is 3.43. The monoisotopic (exact) mass is 218 g/mol. The van der Waals surface area contributed by atoms with Gasteiger partial charge in [0.25, 0.3) is 0 Å². The lowest BCUT2D eigenvalue weighted by Gasteiger charge is -2.05. The zero-order valence-corrected chi connectivity index (χ0v) is 10.1. The van der Waals surface area contributed by atoms with Gasteiger partial charge in [0.05, 0.1) is 6.10 Å². The van der Waals surface area contributed by atoms with Gasteiger partial charge in [0, 0.05) is 12.8 Å². The van der Waals surface area contributed by atoms with Crippen LogP contribution in [-0.4, -0.2) is 23.1 Å². The van der Waals surface area contributed by atoms with E-state index in [1.54, 1.807) is 0 Å². The molecule has 4 heteroatoms. The first-order valence-electron chi connectivity index (χ1n) is 5.35. The molecule has 0 saturated heterocycles. The van der Waals surface area contributed by atoms with Gasteiger partial charge in [-0.25, -0.2) is 0 Å². The third-order valence-electron chi connectivity index (χ3n) is 1.29. The summed E-state index contributed by atoms with van der Waals surface area (Å²) in [4.78, 5) is 20.2. The van der Waals surface area contributed by atoms with Gasteiger partial charge in [-0.2, -0.15) is 0 Å². The fraction of sp³-hybridized carbons (Fsp3) is 0.818. The van der Waals surface area contributed by atoms with Crippen LogP contribution in [0.3, 0.4) is 0 Å². The van der Waals surface area contributed by atoms with E-state index in [1.807, 2.05) is 27.7 Å². The molecule has 0 aromatic heterocycles. The summed E-state index contributed by atoms with van der Waals surface area (Å²) in [7, 11) is 0. The molecule has 15 heavy (non-hydrogen) atoms. The summed E-state index contributed by atoms with van der Waals surface area (Å²) < 4.78 is 4.85. The number of aliphatic carboxylic acids is 1. The van der Waals surface area contributed by atoms with Crippen molar-refractivity contribution in [1.29, 1.82) is 0 Å². The summed E-state index contributed by atoms with van der Waals surface area (Å²) in [6.07, 6.45) is 2.46. The molecule has 0 heterocycles. The first kappa shape index (κ1) is 16.4. The van der Waals surface area contributed by atoms with E-state index in [9.17, 15) is 9.59 Å². The molecule has 0 unspecified atom stereocenters. The number of rotatable bonds is 5. The second-order valence-corrected chi connectivity index (χ2v) is 3.43. The Morgan fingerprint density at radius 3 is 1.80 bits per heavy atom. The predicted molar refractivity (Wildman–Crippen MR) is 58.7 cm³/mol. The highest BCUT2D eigenvalue weighted by Gasteiger charge is 2.01. The Morgan fingerprint density at radius 1 is 1.13 bits per heavy atom. The van der Waals surface area contributed by atoms with E-state index >= 15 is 0 Å². The number of carboxylic acids is 1. The Hall–Kier alpha value is -1.06. The van der Waals surface area contributed by atoms with Crippen LogP contribution < -0.4 is 0 Å². The van der Waals surface area contributed by atoms with Crippen molar-refractivity contribution in [3.8, 4) is 0 Å². The number of ether oxygens (including phenoxy) is 1. The summed E-state index contributed by atoms with van der Waals surface area (Å²) >= 11 is 0. The Kier molecular flexibility index (Phi) is 12.0. The first-order chi connectivity index (χ1) is 6.93. The molecule has 1 N–H and O–H groups in total. The topological polar surface area (TPSA) is 63.6 Å². The minimum absolute atomic E-state index is 0.0315. The van der Waals surface area contributed by atoms with Crippen molar-refractivity contribution in [2.45, 2.75) is 59.5 Å². The molecule has 0 aliphatic carbocycles. The van der Waals surface area contributed by atoms with E-state index in [0.29, 0.717) is 12.8 Å². The lowest BCUT2D eigenvalue weighted by molar-refractivity contribution is -0.147. The smallest absolute Gasteiger partial charge is 0.306 e. The molecular weight excluding hydrogens is 196 g/mol. The van der Waals surface area contributed by atoms with Crippen molar-refractivity contribution in [1.82, 2.24) is 0 Å². The summed E-state index contributed by atoms with van der Waals surface area (Å²) in [5.41, 5.74) is 0. The Balaban J connectivity index is 0. The standard InChI is InChI=1S/C7H14O2.C4H8O2/c1-4-5-7(8)9-6(2)3;1-2-3-4(5)6/h6H,4-5H2,1-3H3;2-3H2,1H3,(H,5,6). The average Bonchev–Trinajstić information content (AvgIpc) is 2.03. The van der Waals surface area contributed by atoms with E-state index < -0.39 is 5.97 Å². The number of carbonyl (C=O) groups is 2. The minimum atomic E-state index is -0.711. The fourth-order valence-corrected chi connectivity index (χ4v) is 0.740. The highest BCUT2D eigenvalue weighted by Crippen LogP contribution is 1.94. The van der Waals surface area contributed by atoms with Crippen LogP contribution in [0, 0.1) is 0 Å². The van der Waals surface area contributed by atoms with E-state index in [2.05, 4.69) is 0 Å². The molecule has 0 atom stereocenters. The molecule has 0 rings (SSSR count). The summed E-state index contributed by atoms with van der Waals surface area (Å²) in [6, 6.07) is 0. The van der Waals surface area contributed by atoms with Crippen molar-refractivity contribution in [2.75, 3.05) is 0 Å². The highest BCUT2D eigenvalue weighted by molar-refractivity contribution is 5.69. The Morgan fingerprint density at radius 2 is 1.60 bits per heavy atom. The van der Waals surface area contributed by atoms with Crippen LogP contribution in [0.1, 0.15) is 53.4 Å². The average molecular weight is 218 g/mol. The molecule has 0 radical (unpaired) electrons. The maximum Gasteiger partial charge on any atom is 0.306 e. The van der Waals surface area contributed by atoms with Crippen molar-refractivity contribution in [3.05, 3.63) is 0 Å². The van der Waals surface area contributed by atoms with Gasteiger partial charge in [-0.1, -0.05) is 13.8 Å². The Labute approximate surface area is 91.6 Å². The quantitative estimate of drug-likeness (QED) is 0.720. The number of carboxylic acid groups (broad SMARTS) is 1. The third kappa shape index (κ3) is 19.4. The van der Waals surface area contributed by atoms with Crippen LogP contribution in [0.15, 0.2) is 0 Å². The Bertz CT molecular complexity index is 175. The van der Waals surface area contributed by atoms with Gasteiger partial charge >= 0.3 is 11.9 Å². The molecule has 4 nitrogen and oxygen atoms in total. The van der Waals surface area contributed by atoms with Gasteiger partial charge < -0.3 is 9.84 Å². The SMILES string of the molecule is CCCC(=O)O.CCCC(=O)OC(C)C. The van der Waals surface area contributed by atoms with E-state index in [-0.39, 0.29) is 12.1 Å². The summed E-state index contributed by atoms with van der Waals surface area (Å²) in [5.74, 6) is -0.801. The maximum atomic E-state index is 10.6. The molecule has 0 aromatic carbocycles. The van der Waals surface area contributed by atoms with Crippen LogP contribution in [0.5, 0.6) is 0 Å². The van der Waals surface area contributed by atoms with Gasteiger partial charge in [-0.15, -0.1) is 0 Å². The zero-order chi connectivity index (χ0) is 12.3. The van der Waals surface area contributed by atoms with Crippen LogP contribution >= 0.6 is 0 Å². The molecule has 90 valence electrons.